The molecule has 0 aromatic heterocycles. The molecule has 31 heavy (non-hydrogen) atoms. The molecule has 4 aromatic carbocycles. The van der Waals surface area contributed by atoms with E-state index in [1.165, 1.54) is 0 Å². The van der Waals surface area contributed by atoms with Crippen molar-refractivity contribution in [2.24, 2.45) is 0 Å². The van der Waals surface area contributed by atoms with E-state index >= 15 is 0 Å². The molecule has 0 atom stereocenters. The van der Waals surface area contributed by atoms with Gasteiger partial charge in [0.1, 0.15) is 11.5 Å². The summed E-state index contributed by atoms with van der Waals surface area (Å²) in [7, 11) is -3.71. The molecule has 0 fully saturated rings. The number of hydrogen-bond acceptors (Lipinski definition) is 3. The van der Waals surface area contributed by atoms with E-state index in [4.69, 9.17) is 9.05 Å². The van der Waals surface area contributed by atoms with E-state index < -0.39 is 7.75 Å². The molecule has 0 amide bonds. The Morgan fingerprint density at radius 3 is 1.39 bits per heavy atom. The van der Waals surface area contributed by atoms with Gasteiger partial charge in [-0.25, -0.2) is 4.57 Å². The summed E-state index contributed by atoms with van der Waals surface area (Å²) in [6, 6.07) is 27.4. The Morgan fingerprint density at radius 1 is 0.613 bits per heavy atom. The average molecular weight is 433 g/mol. The zero-order valence-electron chi connectivity index (χ0n) is 18.4. The first-order chi connectivity index (χ1) is 14.9. The Hall–Kier alpha value is -2.81. The lowest BCUT2D eigenvalue weighted by molar-refractivity contribution is 0.223. The van der Waals surface area contributed by atoms with Crippen LogP contribution in [0.3, 0.4) is 0 Å². The first-order valence-corrected chi connectivity index (χ1v) is 12.1. The summed E-state index contributed by atoms with van der Waals surface area (Å²) < 4.78 is 28.4. The molecule has 4 nitrogen and oxygen atoms in total. The Labute approximate surface area is 184 Å². The summed E-state index contributed by atoms with van der Waals surface area (Å²) >= 11 is 0. The third-order valence-corrected chi connectivity index (χ3v) is 7.60. The third kappa shape index (κ3) is 4.61. The van der Waals surface area contributed by atoms with Crippen molar-refractivity contribution in [3.63, 3.8) is 0 Å². The van der Waals surface area contributed by atoms with Gasteiger partial charge < -0.3 is 9.05 Å². The third-order valence-electron chi connectivity index (χ3n) is 5.22. The van der Waals surface area contributed by atoms with Crippen molar-refractivity contribution < 1.29 is 13.6 Å². The molecular weight excluding hydrogens is 405 g/mol. The topological polar surface area (TPSA) is 38.8 Å². The summed E-state index contributed by atoms with van der Waals surface area (Å²) in [5.41, 5.74) is 0. The Morgan fingerprint density at radius 2 is 1.00 bits per heavy atom. The smallest absolute Gasteiger partial charge is 0.404 e. The summed E-state index contributed by atoms with van der Waals surface area (Å²) in [5, 5.41) is 4.25. The largest absolute Gasteiger partial charge is 0.516 e. The van der Waals surface area contributed by atoms with Crippen LogP contribution < -0.4 is 9.05 Å². The van der Waals surface area contributed by atoms with Crippen LogP contribution >= 0.6 is 7.75 Å². The fourth-order valence-electron chi connectivity index (χ4n) is 3.99. The summed E-state index contributed by atoms with van der Waals surface area (Å²) in [5.74, 6) is 1.04. The molecule has 5 heteroatoms. The van der Waals surface area contributed by atoms with Gasteiger partial charge in [-0.05, 0) is 73.5 Å². The maximum absolute atomic E-state index is 14.3. The van der Waals surface area contributed by atoms with Crippen LogP contribution in [-0.2, 0) is 4.57 Å². The lowest BCUT2D eigenvalue weighted by Gasteiger charge is -2.35. The molecule has 0 aliphatic rings. The van der Waals surface area contributed by atoms with E-state index in [2.05, 4.69) is 0 Å². The van der Waals surface area contributed by atoms with E-state index in [1.54, 1.807) is 0 Å². The molecular formula is C26H28NO3P. The van der Waals surface area contributed by atoms with Crippen LogP contribution in [0.5, 0.6) is 11.5 Å². The van der Waals surface area contributed by atoms with E-state index in [1.807, 2.05) is 117 Å². The predicted molar refractivity (Wildman–Crippen MR) is 129 cm³/mol. The number of rotatable bonds is 7. The fraction of sp³-hybridized carbons (Fsp3) is 0.231. The molecule has 4 aromatic rings. The molecule has 0 bridgehead atoms. The maximum atomic E-state index is 14.3. The number of fused-ring (bicyclic) bond motifs is 2. The van der Waals surface area contributed by atoms with Crippen LogP contribution in [0.15, 0.2) is 84.9 Å². The van der Waals surface area contributed by atoms with Crippen molar-refractivity contribution in [3.05, 3.63) is 84.9 Å². The molecule has 160 valence electrons. The maximum Gasteiger partial charge on any atom is 0.516 e. The number of benzene rings is 4. The van der Waals surface area contributed by atoms with Crippen LogP contribution in [0, 0.1) is 0 Å². The van der Waals surface area contributed by atoms with Gasteiger partial charge in [-0.15, -0.1) is 0 Å². The van der Waals surface area contributed by atoms with E-state index in [-0.39, 0.29) is 12.1 Å². The van der Waals surface area contributed by atoms with Gasteiger partial charge in [0.25, 0.3) is 0 Å². The SMILES string of the molecule is CC(C)N(C(C)C)P(=O)(Oc1ccc2ccccc2c1)Oc1ccc2ccccc2c1. The van der Waals surface area contributed by atoms with Crippen LogP contribution in [-0.4, -0.2) is 16.8 Å². The molecule has 0 saturated carbocycles. The van der Waals surface area contributed by atoms with Gasteiger partial charge >= 0.3 is 7.75 Å². The molecule has 0 aliphatic carbocycles. The van der Waals surface area contributed by atoms with Gasteiger partial charge in [-0.3, -0.25) is 0 Å². The highest BCUT2D eigenvalue weighted by Crippen LogP contribution is 2.54. The minimum absolute atomic E-state index is 0.0354. The van der Waals surface area contributed by atoms with Crippen LogP contribution in [0.1, 0.15) is 27.7 Å². The highest BCUT2D eigenvalue weighted by molar-refractivity contribution is 7.52. The lowest BCUT2D eigenvalue weighted by Crippen LogP contribution is -2.37. The highest BCUT2D eigenvalue weighted by Gasteiger charge is 2.41. The van der Waals surface area contributed by atoms with Crippen molar-refractivity contribution in [1.29, 1.82) is 0 Å². The van der Waals surface area contributed by atoms with Crippen molar-refractivity contribution in [2.75, 3.05) is 0 Å². The molecule has 0 unspecified atom stereocenters. The Bertz CT molecular complexity index is 1160. The van der Waals surface area contributed by atoms with Gasteiger partial charge in [-0.2, -0.15) is 4.67 Å². The second-order valence-corrected chi connectivity index (χ2v) is 10.0. The van der Waals surface area contributed by atoms with Crippen molar-refractivity contribution in [2.45, 2.75) is 39.8 Å². The predicted octanol–water partition coefficient (Wildman–Crippen LogP) is 7.68. The van der Waals surface area contributed by atoms with Crippen LogP contribution in [0.25, 0.3) is 21.5 Å². The minimum atomic E-state index is -3.71. The van der Waals surface area contributed by atoms with Gasteiger partial charge in [0.05, 0.1) is 0 Å². The van der Waals surface area contributed by atoms with E-state index in [9.17, 15) is 4.57 Å². The molecule has 0 aliphatic heterocycles. The lowest BCUT2D eigenvalue weighted by atomic mass is 10.1. The number of nitrogens with zero attached hydrogens (tertiary/aromatic N) is 1. The highest BCUT2D eigenvalue weighted by atomic mass is 31.2. The van der Waals surface area contributed by atoms with Crippen LogP contribution in [0.2, 0.25) is 0 Å². The second kappa shape index (κ2) is 8.74. The van der Waals surface area contributed by atoms with Gasteiger partial charge in [-0.1, -0.05) is 60.7 Å². The quantitative estimate of drug-likeness (QED) is 0.280. The first kappa shape index (κ1) is 21.4. The Balaban J connectivity index is 1.74. The first-order valence-electron chi connectivity index (χ1n) is 10.6. The standard InChI is InChI=1S/C26H28NO3P/c1-19(2)27(20(3)4)31(28,29-25-15-13-21-9-5-7-11-23(21)17-25)30-26-16-14-22-10-6-8-12-24(22)18-26/h5-20H,1-4H3. The van der Waals surface area contributed by atoms with Crippen molar-refractivity contribution in [1.82, 2.24) is 4.67 Å². The zero-order chi connectivity index (χ0) is 22.0. The Kier molecular flexibility index (Phi) is 6.04. The fourth-order valence-corrected chi connectivity index (χ4v) is 6.11. The normalized spacial score (nSPS) is 12.2. The molecule has 0 N–H and O–H groups in total. The average Bonchev–Trinajstić information content (AvgIpc) is 2.72. The summed E-state index contributed by atoms with van der Waals surface area (Å²) in [4.78, 5) is 0. The molecule has 0 spiro atoms. The molecule has 0 heterocycles. The second-order valence-electron chi connectivity index (χ2n) is 8.24. The van der Waals surface area contributed by atoms with Gasteiger partial charge in [0, 0.05) is 12.1 Å². The van der Waals surface area contributed by atoms with Gasteiger partial charge in [0.2, 0.25) is 0 Å². The molecule has 0 radical (unpaired) electrons. The number of hydrogen-bond donors (Lipinski definition) is 0. The van der Waals surface area contributed by atoms with Crippen molar-refractivity contribution >= 4 is 29.3 Å². The summed E-state index contributed by atoms with van der Waals surface area (Å²) in [6.45, 7) is 8.00. The van der Waals surface area contributed by atoms with Crippen molar-refractivity contribution in [3.8, 4) is 11.5 Å². The van der Waals surface area contributed by atoms with Gasteiger partial charge in [0.15, 0.2) is 0 Å². The van der Waals surface area contributed by atoms with Crippen LogP contribution in [0.4, 0.5) is 0 Å². The van der Waals surface area contributed by atoms with E-state index in [0.29, 0.717) is 11.5 Å². The summed E-state index contributed by atoms with van der Waals surface area (Å²) in [6.07, 6.45) is 0. The minimum Gasteiger partial charge on any atom is -0.404 e. The van der Waals surface area contributed by atoms with E-state index in [0.717, 1.165) is 21.5 Å². The monoisotopic (exact) mass is 433 g/mol. The molecule has 4 rings (SSSR count). The molecule has 0 saturated heterocycles. The zero-order valence-corrected chi connectivity index (χ0v) is 19.3.